The van der Waals surface area contributed by atoms with Crippen molar-refractivity contribution in [3.8, 4) is 0 Å². The third-order valence-corrected chi connectivity index (χ3v) is 3.80. The van der Waals surface area contributed by atoms with Gasteiger partial charge >= 0.3 is 0 Å². The molecule has 1 aliphatic heterocycles. The van der Waals surface area contributed by atoms with Gasteiger partial charge in [0.1, 0.15) is 5.82 Å². The lowest BCUT2D eigenvalue weighted by Crippen LogP contribution is -2.29. The summed E-state index contributed by atoms with van der Waals surface area (Å²) in [5, 5.41) is 3.26. The molecule has 0 saturated carbocycles. The van der Waals surface area contributed by atoms with E-state index in [0.717, 1.165) is 25.9 Å². The number of halogens is 2. The number of ketones is 1. The lowest BCUT2D eigenvalue weighted by Gasteiger charge is -2.21. The molecular formula is C13H15BrFNO. The van der Waals surface area contributed by atoms with Gasteiger partial charge in [-0.05, 0) is 59.9 Å². The van der Waals surface area contributed by atoms with Gasteiger partial charge in [-0.2, -0.15) is 0 Å². The summed E-state index contributed by atoms with van der Waals surface area (Å²) in [5.41, 5.74) is 0.206. The summed E-state index contributed by atoms with van der Waals surface area (Å²) in [7, 11) is 0. The van der Waals surface area contributed by atoms with Crippen molar-refractivity contribution in [3.05, 3.63) is 34.1 Å². The van der Waals surface area contributed by atoms with E-state index in [2.05, 4.69) is 21.2 Å². The van der Waals surface area contributed by atoms with E-state index in [1.165, 1.54) is 0 Å². The van der Waals surface area contributed by atoms with Crippen LogP contribution in [0.25, 0.3) is 0 Å². The molecule has 2 nitrogen and oxygen atoms in total. The molecule has 0 aromatic heterocycles. The topological polar surface area (TPSA) is 29.1 Å². The van der Waals surface area contributed by atoms with E-state index >= 15 is 0 Å². The van der Waals surface area contributed by atoms with Crippen molar-refractivity contribution in [2.45, 2.75) is 19.3 Å². The second kappa shape index (κ2) is 5.74. The van der Waals surface area contributed by atoms with Crippen LogP contribution in [0, 0.1) is 11.7 Å². The summed E-state index contributed by atoms with van der Waals surface area (Å²) in [5.74, 6) is -0.135. The molecule has 0 amide bonds. The molecule has 2 rings (SSSR count). The summed E-state index contributed by atoms with van der Waals surface area (Å²) < 4.78 is 14.1. The van der Waals surface area contributed by atoms with Crippen LogP contribution in [0.5, 0.6) is 0 Å². The fraction of sp³-hybridized carbons (Fsp3) is 0.462. The second-order valence-corrected chi connectivity index (χ2v) is 5.28. The summed E-state index contributed by atoms with van der Waals surface area (Å²) in [4.78, 5) is 12.0. The molecule has 1 saturated heterocycles. The fourth-order valence-corrected chi connectivity index (χ4v) is 2.54. The predicted octanol–water partition coefficient (Wildman–Crippen LogP) is 3.16. The maximum absolute atomic E-state index is 13.7. The van der Waals surface area contributed by atoms with E-state index in [1.807, 2.05) is 0 Å². The molecule has 0 spiro atoms. The molecule has 1 aliphatic rings. The maximum Gasteiger partial charge on any atom is 0.166 e. The van der Waals surface area contributed by atoms with E-state index in [0.29, 0.717) is 16.8 Å². The van der Waals surface area contributed by atoms with Crippen molar-refractivity contribution in [2.24, 2.45) is 5.92 Å². The van der Waals surface area contributed by atoms with Crippen LogP contribution in [0.4, 0.5) is 4.39 Å². The quantitative estimate of drug-likeness (QED) is 0.869. The Labute approximate surface area is 109 Å². The molecule has 92 valence electrons. The number of benzene rings is 1. The normalized spacial score (nSPS) is 17.1. The standard InChI is InChI=1S/C13H15BrFNO/c14-11-3-1-2-10(13(11)15)12(17)8-9-4-6-16-7-5-9/h1-3,9,16H,4-8H2. The molecule has 0 radical (unpaired) electrons. The minimum Gasteiger partial charge on any atom is -0.317 e. The Morgan fingerprint density at radius 3 is 2.82 bits per heavy atom. The number of hydrogen-bond donors (Lipinski definition) is 1. The highest BCUT2D eigenvalue weighted by atomic mass is 79.9. The Balaban J connectivity index is 2.06. The van der Waals surface area contributed by atoms with Gasteiger partial charge in [0.2, 0.25) is 0 Å². The van der Waals surface area contributed by atoms with E-state index in [4.69, 9.17) is 0 Å². The summed E-state index contributed by atoms with van der Waals surface area (Å²) >= 11 is 3.10. The average molecular weight is 300 g/mol. The average Bonchev–Trinajstić information content (AvgIpc) is 2.34. The zero-order valence-corrected chi connectivity index (χ0v) is 11.1. The molecule has 1 fully saturated rings. The van der Waals surface area contributed by atoms with E-state index in [1.54, 1.807) is 18.2 Å². The molecule has 1 aromatic carbocycles. The molecular weight excluding hydrogens is 285 g/mol. The van der Waals surface area contributed by atoms with Crippen LogP contribution < -0.4 is 5.32 Å². The van der Waals surface area contributed by atoms with Crippen LogP contribution in [-0.4, -0.2) is 18.9 Å². The van der Waals surface area contributed by atoms with Gasteiger partial charge in [0.15, 0.2) is 5.78 Å². The van der Waals surface area contributed by atoms with Gasteiger partial charge in [0.25, 0.3) is 0 Å². The Hall–Kier alpha value is -0.740. The monoisotopic (exact) mass is 299 g/mol. The molecule has 17 heavy (non-hydrogen) atoms. The number of piperidine rings is 1. The van der Waals surface area contributed by atoms with E-state index in [9.17, 15) is 9.18 Å². The van der Waals surface area contributed by atoms with Crippen molar-refractivity contribution in [1.29, 1.82) is 0 Å². The van der Waals surface area contributed by atoms with Gasteiger partial charge in [-0.1, -0.05) is 6.07 Å². The Morgan fingerprint density at radius 1 is 1.41 bits per heavy atom. The van der Waals surface area contributed by atoms with Crippen LogP contribution >= 0.6 is 15.9 Å². The SMILES string of the molecule is O=C(CC1CCNCC1)c1cccc(Br)c1F. The van der Waals surface area contributed by atoms with Gasteiger partial charge in [-0.25, -0.2) is 4.39 Å². The highest BCUT2D eigenvalue weighted by molar-refractivity contribution is 9.10. The van der Waals surface area contributed by atoms with Gasteiger partial charge in [-0.3, -0.25) is 4.79 Å². The van der Waals surface area contributed by atoms with Crippen molar-refractivity contribution in [1.82, 2.24) is 5.32 Å². The Kier molecular flexibility index (Phi) is 4.29. The number of nitrogens with one attached hydrogen (secondary N) is 1. The second-order valence-electron chi connectivity index (χ2n) is 4.42. The van der Waals surface area contributed by atoms with Gasteiger partial charge in [0, 0.05) is 6.42 Å². The lowest BCUT2D eigenvalue weighted by molar-refractivity contribution is 0.0948. The van der Waals surface area contributed by atoms with Crippen molar-refractivity contribution >= 4 is 21.7 Å². The first-order valence-electron chi connectivity index (χ1n) is 5.86. The molecule has 0 unspecified atom stereocenters. The third-order valence-electron chi connectivity index (χ3n) is 3.18. The maximum atomic E-state index is 13.7. The molecule has 1 aromatic rings. The zero-order chi connectivity index (χ0) is 12.3. The molecule has 4 heteroatoms. The van der Waals surface area contributed by atoms with E-state index in [-0.39, 0.29) is 11.3 Å². The first-order chi connectivity index (χ1) is 8.18. The zero-order valence-electron chi connectivity index (χ0n) is 9.51. The highest BCUT2D eigenvalue weighted by Gasteiger charge is 2.20. The minimum absolute atomic E-state index is 0.0873. The first-order valence-corrected chi connectivity index (χ1v) is 6.65. The minimum atomic E-state index is -0.438. The summed E-state index contributed by atoms with van der Waals surface area (Å²) in [6.45, 7) is 1.91. The number of carbonyl (C=O) groups is 1. The van der Waals surface area contributed by atoms with Crippen LogP contribution in [0.3, 0.4) is 0 Å². The van der Waals surface area contributed by atoms with Crippen LogP contribution in [0.15, 0.2) is 22.7 Å². The third kappa shape index (κ3) is 3.13. The van der Waals surface area contributed by atoms with Gasteiger partial charge < -0.3 is 5.32 Å². The molecule has 1 heterocycles. The number of Topliss-reactive ketones (excluding diaryl/α,β-unsaturated/α-hetero) is 1. The van der Waals surface area contributed by atoms with Crippen LogP contribution in [-0.2, 0) is 0 Å². The van der Waals surface area contributed by atoms with Crippen molar-refractivity contribution in [3.63, 3.8) is 0 Å². The molecule has 0 bridgehead atoms. The Bertz CT molecular complexity index is 416. The first kappa shape index (κ1) is 12.7. The number of hydrogen-bond acceptors (Lipinski definition) is 2. The largest absolute Gasteiger partial charge is 0.317 e. The van der Waals surface area contributed by atoms with Gasteiger partial charge in [0.05, 0.1) is 10.0 Å². The summed E-state index contributed by atoms with van der Waals surface area (Å²) in [6.07, 6.45) is 2.46. The van der Waals surface area contributed by atoms with Crippen LogP contribution in [0.2, 0.25) is 0 Å². The molecule has 0 aliphatic carbocycles. The Morgan fingerprint density at radius 2 is 2.12 bits per heavy atom. The number of rotatable bonds is 3. The van der Waals surface area contributed by atoms with Crippen molar-refractivity contribution in [2.75, 3.05) is 13.1 Å². The summed E-state index contributed by atoms with van der Waals surface area (Å²) in [6, 6.07) is 4.86. The molecule has 1 N–H and O–H groups in total. The van der Waals surface area contributed by atoms with Crippen LogP contribution in [0.1, 0.15) is 29.6 Å². The predicted molar refractivity (Wildman–Crippen MR) is 68.6 cm³/mol. The van der Waals surface area contributed by atoms with Crippen molar-refractivity contribution < 1.29 is 9.18 Å². The van der Waals surface area contributed by atoms with Gasteiger partial charge in [-0.15, -0.1) is 0 Å². The van der Waals surface area contributed by atoms with E-state index < -0.39 is 5.82 Å². The fourth-order valence-electron chi connectivity index (χ4n) is 2.18. The lowest BCUT2D eigenvalue weighted by atomic mass is 9.90. The molecule has 0 atom stereocenters. The highest BCUT2D eigenvalue weighted by Crippen LogP contribution is 2.23. The number of carbonyl (C=O) groups excluding carboxylic acids is 1. The smallest absolute Gasteiger partial charge is 0.166 e.